The molecule has 0 aromatic carbocycles. The number of nitrogens with two attached hydrogens (primary N) is 1. The normalized spacial score (nSPS) is 21.3. The number of carboxylic acids is 1. The topological polar surface area (TPSA) is 113 Å². The molecule has 1 aliphatic rings. The van der Waals surface area contributed by atoms with Crippen LogP contribution in [0, 0.1) is 5.41 Å². The van der Waals surface area contributed by atoms with E-state index in [1.54, 1.807) is 4.90 Å². The molecule has 7 heteroatoms. The third-order valence-electron chi connectivity index (χ3n) is 3.95. The number of primary amides is 1. The van der Waals surface area contributed by atoms with Gasteiger partial charge in [0.1, 0.15) is 0 Å². The fraction of sp³-hybridized carbons (Fsp3) is 0.786. The lowest BCUT2D eigenvalue weighted by molar-refractivity contribution is -0.148. The average molecular weight is 299 g/mol. The molecule has 1 atom stereocenters. The van der Waals surface area contributed by atoms with Crippen molar-refractivity contribution in [3.8, 4) is 0 Å². The summed E-state index contributed by atoms with van der Waals surface area (Å²) in [4.78, 5) is 35.6. The maximum atomic E-state index is 12.0. The van der Waals surface area contributed by atoms with Crippen molar-refractivity contribution in [3.05, 3.63) is 0 Å². The molecule has 1 fully saturated rings. The predicted molar refractivity (Wildman–Crippen MR) is 77.6 cm³/mol. The van der Waals surface area contributed by atoms with E-state index in [0.29, 0.717) is 45.2 Å². The molecule has 0 bridgehead atoms. The van der Waals surface area contributed by atoms with Crippen LogP contribution >= 0.6 is 0 Å². The van der Waals surface area contributed by atoms with Crippen LogP contribution < -0.4 is 11.1 Å². The number of carboxylic acid groups (broad SMARTS) is 1. The summed E-state index contributed by atoms with van der Waals surface area (Å²) in [7, 11) is 0. The molecule has 0 aromatic rings. The highest BCUT2D eigenvalue weighted by Crippen LogP contribution is 2.35. The van der Waals surface area contributed by atoms with E-state index in [0.717, 1.165) is 6.42 Å². The molecule has 0 saturated carbocycles. The monoisotopic (exact) mass is 299 g/mol. The number of nitrogens with one attached hydrogen (secondary N) is 1. The lowest BCUT2D eigenvalue weighted by Gasteiger charge is -2.24. The Morgan fingerprint density at radius 1 is 1.33 bits per heavy atom. The summed E-state index contributed by atoms with van der Waals surface area (Å²) in [5, 5.41) is 12.1. The van der Waals surface area contributed by atoms with E-state index in [-0.39, 0.29) is 18.5 Å². The highest BCUT2D eigenvalue weighted by molar-refractivity contribution is 5.79. The zero-order valence-corrected chi connectivity index (χ0v) is 12.6. The summed E-state index contributed by atoms with van der Waals surface area (Å²) >= 11 is 0. The largest absolute Gasteiger partial charge is 0.481 e. The van der Waals surface area contributed by atoms with Crippen molar-refractivity contribution >= 4 is 17.9 Å². The van der Waals surface area contributed by atoms with Gasteiger partial charge in [0, 0.05) is 26.1 Å². The van der Waals surface area contributed by atoms with Gasteiger partial charge >= 0.3 is 12.0 Å². The van der Waals surface area contributed by atoms with E-state index >= 15 is 0 Å². The van der Waals surface area contributed by atoms with Crippen molar-refractivity contribution in [1.29, 1.82) is 0 Å². The molecule has 4 N–H and O–H groups in total. The van der Waals surface area contributed by atoms with Crippen LogP contribution in [0.1, 0.15) is 45.4 Å². The van der Waals surface area contributed by atoms with Gasteiger partial charge < -0.3 is 21.1 Å². The molecule has 0 aliphatic carbocycles. The van der Waals surface area contributed by atoms with E-state index in [1.807, 2.05) is 6.92 Å². The van der Waals surface area contributed by atoms with Crippen LogP contribution in [0.25, 0.3) is 0 Å². The second-order valence-electron chi connectivity index (χ2n) is 5.66. The van der Waals surface area contributed by atoms with Crippen LogP contribution in [0.4, 0.5) is 4.79 Å². The highest BCUT2D eigenvalue weighted by Gasteiger charge is 2.45. The predicted octanol–water partition coefficient (Wildman–Crippen LogP) is 0.928. The number of amides is 3. The summed E-state index contributed by atoms with van der Waals surface area (Å²) in [5.41, 5.74) is 4.24. The molecule has 1 unspecified atom stereocenters. The van der Waals surface area contributed by atoms with Gasteiger partial charge in [0.25, 0.3) is 0 Å². The first-order valence-corrected chi connectivity index (χ1v) is 7.46. The number of carbonyl (C=O) groups is 3. The van der Waals surface area contributed by atoms with Crippen LogP contribution in [0.3, 0.4) is 0 Å². The number of rotatable bonds is 8. The molecule has 120 valence electrons. The van der Waals surface area contributed by atoms with Crippen molar-refractivity contribution in [1.82, 2.24) is 10.2 Å². The van der Waals surface area contributed by atoms with Crippen LogP contribution in [0.2, 0.25) is 0 Å². The molecule has 21 heavy (non-hydrogen) atoms. The Labute approximate surface area is 124 Å². The number of hydrogen-bond acceptors (Lipinski definition) is 3. The first kappa shape index (κ1) is 17.3. The number of urea groups is 1. The van der Waals surface area contributed by atoms with Crippen molar-refractivity contribution in [3.63, 3.8) is 0 Å². The first-order valence-electron chi connectivity index (χ1n) is 7.46. The Morgan fingerprint density at radius 3 is 2.62 bits per heavy atom. The van der Waals surface area contributed by atoms with Gasteiger partial charge in [-0.25, -0.2) is 4.79 Å². The number of nitrogens with zero attached hydrogens (tertiary/aromatic N) is 1. The second kappa shape index (κ2) is 7.85. The van der Waals surface area contributed by atoms with Crippen LogP contribution in [-0.2, 0) is 9.59 Å². The molecule has 3 amide bonds. The maximum absolute atomic E-state index is 12.0. The Morgan fingerprint density at radius 2 is 2.05 bits per heavy atom. The summed E-state index contributed by atoms with van der Waals surface area (Å²) in [5.74, 6) is -1.16. The molecule has 7 nitrogen and oxygen atoms in total. The zero-order chi connectivity index (χ0) is 15.9. The third kappa shape index (κ3) is 4.91. The summed E-state index contributed by atoms with van der Waals surface area (Å²) in [6.45, 7) is 3.16. The molecule has 0 spiro atoms. The van der Waals surface area contributed by atoms with Gasteiger partial charge in [0.05, 0.1) is 5.41 Å². The van der Waals surface area contributed by atoms with Gasteiger partial charge in [-0.15, -0.1) is 0 Å². The van der Waals surface area contributed by atoms with E-state index in [2.05, 4.69) is 5.32 Å². The number of likely N-dealkylation sites (tertiary alicyclic amines) is 1. The third-order valence-corrected chi connectivity index (χ3v) is 3.95. The van der Waals surface area contributed by atoms with Gasteiger partial charge in [-0.2, -0.15) is 0 Å². The molecule has 1 aliphatic heterocycles. The summed E-state index contributed by atoms with van der Waals surface area (Å²) < 4.78 is 0. The van der Waals surface area contributed by atoms with Gasteiger partial charge in [0.2, 0.25) is 5.91 Å². The van der Waals surface area contributed by atoms with Gasteiger partial charge in [-0.05, 0) is 25.7 Å². The lowest BCUT2D eigenvalue weighted by atomic mass is 9.83. The van der Waals surface area contributed by atoms with E-state index in [1.165, 1.54) is 0 Å². The Balaban J connectivity index is 2.36. The van der Waals surface area contributed by atoms with Crippen LogP contribution in [-0.4, -0.2) is 47.5 Å². The standard InChI is InChI=1S/C14H25N3O4/c1-2-6-14(12(19)20)7-9-17(10-14)13(21)16-8-4-3-5-11(15)18/h2-10H2,1H3,(H2,15,18)(H,16,21)(H,19,20). The van der Waals surface area contributed by atoms with Gasteiger partial charge in [0.15, 0.2) is 0 Å². The molecule has 1 heterocycles. The highest BCUT2D eigenvalue weighted by atomic mass is 16.4. The minimum atomic E-state index is -0.818. The van der Waals surface area contributed by atoms with Crippen molar-refractivity contribution in [2.75, 3.05) is 19.6 Å². The van der Waals surface area contributed by atoms with Crippen LogP contribution in [0.15, 0.2) is 0 Å². The second-order valence-corrected chi connectivity index (χ2v) is 5.66. The first-order chi connectivity index (χ1) is 9.91. The Bertz CT molecular complexity index is 400. The summed E-state index contributed by atoms with van der Waals surface area (Å²) in [6.07, 6.45) is 3.52. The van der Waals surface area contributed by atoms with Crippen molar-refractivity contribution in [2.24, 2.45) is 11.1 Å². The maximum Gasteiger partial charge on any atom is 0.317 e. The minimum Gasteiger partial charge on any atom is -0.481 e. The van der Waals surface area contributed by atoms with E-state index in [4.69, 9.17) is 5.73 Å². The number of carbonyl (C=O) groups excluding carboxylic acids is 2. The molecular weight excluding hydrogens is 274 g/mol. The fourth-order valence-electron chi connectivity index (χ4n) is 2.74. The van der Waals surface area contributed by atoms with E-state index < -0.39 is 11.4 Å². The lowest BCUT2D eigenvalue weighted by Crippen LogP contribution is -2.42. The molecule has 1 rings (SSSR count). The van der Waals surface area contributed by atoms with Crippen LogP contribution in [0.5, 0.6) is 0 Å². The fourth-order valence-corrected chi connectivity index (χ4v) is 2.74. The molecule has 1 saturated heterocycles. The van der Waals surface area contributed by atoms with Gasteiger partial charge in [-0.3, -0.25) is 9.59 Å². The van der Waals surface area contributed by atoms with Gasteiger partial charge in [-0.1, -0.05) is 13.3 Å². The zero-order valence-electron chi connectivity index (χ0n) is 12.6. The Kier molecular flexibility index (Phi) is 6.45. The smallest absolute Gasteiger partial charge is 0.317 e. The Hall–Kier alpha value is -1.79. The average Bonchev–Trinajstić information content (AvgIpc) is 2.84. The number of unbranched alkanes of at least 4 members (excludes halogenated alkanes) is 1. The summed E-state index contributed by atoms with van der Waals surface area (Å²) in [6, 6.07) is -0.228. The SMILES string of the molecule is CCCC1(C(=O)O)CCN(C(=O)NCCCCC(N)=O)C1. The molecule has 0 radical (unpaired) electrons. The minimum absolute atomic E-state index is 0.228. The van der Waals surface area contributed by atoms with Crippen molar-refractivity contribution in [2.45, 2.75) is 45.4 Å². The quantitative estimate of drug-likeness (QED) is 0.578. The van der Waals surface area contributed by atoms with E-state index in [9.17, 15) is 19.5 Å². The molecular formula is C14H25N3O4. The number of aliphatic carboxylic acids is 1. The molecule has 0 aromatic heterocycles. The number of hydrogen-bond donors (Lipinski definition) is 3. The van der Waals surface area contributed by atoms with Crippen molar-refractivity contribution < 1.29 is 19.5 Å².